The minimum Gasteiger partial charge on any atom is -0.393 e. The molecular formula is C44H76O12P2S. The number of thioether (sulfide) groups is 1. The lowest BCUT2D eigenvalue weighted by Crippen LogP contribution is -2.52. The zero-order chi connectivity index (χ0) is 42.6. The molecule has 10 unspecified atom stereocenters. The summed E-state index contributed by atoms with van der Waals surface area (Å²) < 4.78 is 78.5. The smallest absolute Gasteiger partial charge is 0.393 e. The van der Waals surface area contributed by atoms with Crippen LogP contribution in [0.1, 0.15) is 132 Å². The average Bonchev–Trinajstić information content (AvgIpc) is 3.24. The monoisotopic (exact) mass is 890 g/mol. The highest BCUT2D eigenvalue weighted by Crippen LogP contribution is 2.58. The molecule has 2 saturated carbocycles. The Morgan fingerprint density at radius 1 is 0.627 bits per heavy atom. The van der Waals surface area contributed by atoms with Crippen molar-refractivity contribution in [3.63, 3.8) is 0 Å². The van der Waals surface area contributed by atoms with E-state index in [9.17, 15) is 9.13 Å². The fraction of sp³-hybridized carbons (Fsp3) is 0.864. The first kappa shape index (κ1) is 49.6. The van der Waals surface area contributed by atoms with Crippen molar-refractivity contribution in [2.45, 2.75) is 186 Å². The van der Waals surface area contributed by atoms with Crippen LogP contribution in [0, 0.1) is 35.5 Å². The Morgan fingerprint density at radius 3 is 1.56 bits per heavy atom. The van der Waals surface area contributed by atoms with Gasteiger partial charge in [0.15, 0.2) is 6.29 Å². The van der Waals surface area contributed by atoms with Gasteiger partial charge in [-0.15, -0.1) is 0 Å². The molecule has 4 heterocycles. The van der Waals surface area contributed by atoms with Crippen LogP contribution in [0.4, 0.5) is 0 Å². The van der Waals surface area contributed by atoms with Gasteiger partial charge in [0, 0.05) is 16.7 Å². The van der Waals surface area contributed by atoms with E-state index in [1.54, 1.807) is 11.8 Å². The number of ether oxygens (including phenoxy) is 3. The van der Waals surface area contributed by atoms with Gasteiger partial charge in [0.2, 0.25) is 0 Å². The van der Waals surface area contributed by atoms with Gasteiger partial charge in [-0.1, -0.05) is 124 Å². The fourth-order valence-electron chi connectivity index (χ4n) is 8.52. The Morgan fingerprint density at radius 2 is 1.08 bits per heavy atom. The molecule has 0 bridgehead atoms. The van der Waals surface area contributed by atoms with E-state index in [2.05, 4.69) is 41.5 Å². The fourth-order valence-corrected chi connectivity index (χ4v) is 13.2. The summed E-state index contributed by atoms with van der Waals surface area (Å²) in [7, 11) is -7.11. The highest BCUT2D eigenvalue weighted by molar-refractivity contribution is 7.99. The number of phosphoric acid groups is 2. The number of phosphoric ester groups is 2. The van der Waals surface area contributed by atoms with Crippen molar-refractivity contribution in [3.05, 3.63) is 30.3 Å². The second-order valence-corrected chi connectivity index (χ2v) is 22.3. The maximum Gasteiger partial charge on any atom is 0.475 e. The highest BCUT2D eigenvalue weighted by Gasteiger charge is 2.49. The van der Waals surface area contributed by atoms with E-state index in [1.807, 2.05) is 44.2 Å². The Hall–Kier alpha value is -0.370. The molecule has 0 aromatic heterocycles. The largest absolute Gasteiger partial charge is 0.475 e. The molecule has 0 spiro atoms. The van der Waals surface area contributed by atoms with Crippen LogP contribution >= 0.6 is 27.4 Å². The molecular weight excluding hydrogens is 814 g/mol. The average molecular weight is 891 g/mol. The maximum absolute atomic E-state index is 12.9. The topological polar surface area (TPSA) is 137 Å². The lowest BCUT2D eigenvalue weighted by atomic mass is 9.82. The van der Waals surface area contributed by atoms with Crippen molar-refractivity contribution in [2.75, 3.05) is 26.4 Å². The summed E-state index contributed by atoms with van der Waals surface area (Å²) in [6.45, 7) is 18.4. The quantitative estimate of drug-likeness (QED) is 0.223. The summed E-state index contributed by atoms with van der Waals surface area (Å²) in [4.78, 5) is 1.10. The summed E-state index contributed by atoms with van der Waals surface area (Å²) in [5.41, 5.74) is -0.258. The van der Waals surface area contributed by atoms with Crippen molar-refractivity contribution >= 4 is 27.4 Å². The second-order valence-electron chi connectivity index (χ2n) is 17.9. The van der Waals surface area contributed by atoms with Gasteiger partial charge in [-0.3, -0.25) is 27.1 Å². The Bertz CT molecular complexity index is 1420. The highest BCUT2D eigenvalue weighted by atomic mass is 32.2. The molecule has 7 rings (SSSR count). The Labute approximate surface area is 359 Å². The van der Waals surface area contributed by atoms with Gasteiger partial charge < -0.3 is 19.3 Å². The SMILES string of the molecule is CCC1OC(OC2CCCCC2)C(OP2(=O)OCC(C)CO2)C(C)C1C.CCC1OC(Sc2ccccc2)C(OP2(=O)OCC(C)CO2)C(C)C1C.OC1CCCCC1. The van der Waals surface area contributed by atoms with Gasteiger partial charge >= 0.3 is 15.6 Å². The standard InChI is InChI=1S/C19H35O6P.C19H29O5PS.C6H12O/c1-5-17-14(3)15(4)18(25-26(20)21-11-13(2)12-22-26)19(24-17)23-16-9-7-6-8-10-16;1-5-17-14(3)15(4)18(24-25(20)21-11-13(2)12-22-25)19(23-17)26-16-9-7-6-8-10-16;7-6-4-2-1-3-5-6/h13-19H,5-12H2,1-4H3;6-10,13-15,17-19H,5,11-12H2,1-4H3;6-7H,1-5H2. The molecule has 340 valence electrons. The zero-order valence-corrected chi connectivity index (χ0v) is 39.6. The Kier molecular flexibility index (Phi) is 20.3. The van der Waals surface area contributed by atoms with Crippen LogP contribution in [0.2, 0.25) is 0 Å². The van der Waals surface area contributed by atoms with Gasteiger partial charge in [-0.2, -0.15) is 0 Å². The first-order chi connectivity index (χ1) is 28.2. The molecule has 6 aliphatic rings. The van der Waals surface area contributed by atoms with Gasteiger partial charge in [-0.05, 0) is 74.3 Å². The third-order valence-corrected chi connectivity index (χ3v) is 16.9. The van der Waals surface area contributed by atoms with Gasteiger partial charge in [0.1, 0.15) is 17.6 Å². The maximum atomic E-state index is 12.9. The first-order valence-electron chi connectivity index (χ1n) is 22.7. The predicted molar refractivity (Wildman–Crippen MR) is 231 cm³/mol. The third kappa shape index (κ3) is 14.8. The number of benzene rings is 1. The van der Waals surface area contributed by atoms with E-state index in [4.69, 9.17) is 46.5 Å². The summed E-state index contributed by atoms with van der Waals surface area (Å²) in [6.07, 6.45) is 12.7. The number of hydrogen-bond acceptors (Lipinski definition) is 13. The van der Waals surface area contributed by atoms with Crippen LogP contribution in [-0.4, -0.2) is 79.9 Å². The molecule has 0 radical (unpaired) electrons. The van der Waals surface area contributed by atoms with Crippen molar-refractivity contribution in [1.29, 1.82) is 0 Å². The summed E-state index contributed by atoms with van der Waals surface area (Å²) in [6, 6.07) is 10.1. The molecule has 6 fully saturated rings. The molecule has 1 aromatic rings. The van der Waals surface area contributed by atoms with Crippen LogP contribution in [0.5, 0.6) is 0 Å². The van der Waals surface area contributed by atoms with Crippen molar-refractivity contribution in [1.82, 2.24) is 0 Å². The van der Waals surface area contributed by atoms with E-state index in [-0.39, 0.29) is 65.5 Å². The summed E-state index contributed by atoms with van der Waals surface area (Å²) in [5, 5.41) is 8.91. The van der Waals surface area contributed by atoms with Crippen molar-refractivity contribution < 1.29 is 55.6 Å². The van der Waals surface area contributed by atoms with Gasteiger partial charge in [0.25, 0.3) is 0 Å². The molecule has 59 heavy (non-hydrogen) atoms. The number of hydrogen-bond donors (Lipinski definition) is 1. The molecule has 2 aliphatic carbocycles. The van der Waals surface area contributed by atoms with Gasteiger partial charge in [-0.25, -0.2) is 9.13 Å². The minimum atomic E-state index is -3.56. The number of rotatable bonds is 10. The third-order valence-electron chi connectivity index (χ3n) is 12.8. The van der Waals surface area contributed by atoms with E-state index >= 15 is 0 Å². The van der Waals surface area contributed by atoms with Crippen LogP contribution in [-0.2, 0) is 50.5 Å². The molecule has 15 heteroatoms. The minimum absolute atomic E-state index is 0.0359. The normalized spacial score (nSPS) is 41.2. The molecule has 12 nitrogen and oxygen atoms in total. The molecule has 4 saturated heterocycles. The van der Waals surface area contributed by atoms with E-state index in [1.165, 1.54) is 38.5 Å². The van der Waals surface area contributed by atoms with E-state index in [0.29, 0.717) is 32.3 Å². The molecule has 0 amide bonds. The Balaban J connectivity index is 0.000000192. The van der Waals surface area contributed by atoms with Crippen molar-refractivity contribution in [3.8, 4) is 0 Å². The molecule has 1 aromatic carbocycles. The first-order valence-corrected chi connectivity index (χ1v) is 26.5. The lowest BCUT2D eigenvalue weighted by molar-refractivity contribution is -0.283. The molecule has 10 atom stereocenters. The summed E-state index contributed by atoms with van der Waals surface area (Å²) in [5.74, 6) is 1.34. The predicted octanol–water partition coefficient (Wildman–Crippen LogP) is 11.6. The molecule has 1 N–H and O–H groups in total. The van der Waals surface area contributed by atoms with Gasteiger partial charge in [0.05, 0.1) is 50.8 Å². The second kappa shape index (κ2) is 24.1. The summed E-state index contributed by atoms with van der Waals surface area (Å²) >= 11 is 1.61. The van der Waals surface area contributed by atoms with E-state index < -0.39 is 28.0 Å². The van der Waals surface area contributed by atoms with E-state index in [0.717, 1.165) is 43.4 Å². The lowest BCUT2D eigenvalue weighted by Gasteiger charge is -2.46. The molecule has 4 aliphatic heterocycles. The van der Waals surface area contributed by atoms with Crippen LogP contribution in [0.3, 0.4) is 0 Å². The number of aliphatic hydroxyl groups excluding tert-OH is 1. The van der Waals surface area contributed by atoms with Crippen LogP contribution < -0.4 is 0 Å². The number of aliphatic hydroxyl groups is 1. The van der Waals surface area contributed by atoms with Crippen LogP contribution in [0.25, 0.3) is 0 Å². The zero-order valence-electron chi connectivity index (χ0n) is 37.0. The van der Waals surface area contributed by atoms with Crippen molar-refractivity contribution in [2.24, 2.45) is 35.5 Å². The van der Waals surface area contributed by atoms with Crippen LogP contribution in [0.15, 0.2) is 35.2 Å².